The maximum atomic E-state index is 12.4. The minimum atomic E-state index is -3.58. The van der Waals surface area contributed by atoms with Crippen molar-refractivity contribution in [3.8, 4) is 0 Å². The molecule has 1 amide bonds. The van der Waals surface area contributed by atoms with Crippen LogP contribution in [0.25, 0.3) is 0 Å². The highest BCUT2D eigenvalue weighted by Gasteiger charge is 2.35. The van der Waals surface area contributed by atoms with Gasteiger partial charge in [-0.2, -0.15) is 0 Å². The number of hydrogen-bond donors (Lipinski definition) is 2. The molecule has 1 unspecified atom stereocenters. The summed E-state index contributed by atoms with van der Waals surface area (Å²) in [6.07, 6.45) is 0.755. The summed E-state index contributed by atoms with van der Waals surface area (Å²) in [7, 11) is -3.58. The summed E-state index contributed by atoms with van der Waals surface area (Å²) >= 11 is 0. The Balaban J connectivity index is 0.00000225. The van der Waals surface area contributed by atoms with Gasteiger partial charge < -0.3 is 10.6 Å². The van der Waals surface area contributed by atoms with Crippen molar-refractivity contribution < 1.29 is 13.2 Å². The van der Waals surface area contributed by atoms with Crippen molar-refractivity contribution in [1.29, 1.82) is 0 Å². The van der Waals surface area contributed by atoms with E-state index in [1.54, 1.807) is 23.1 Å². The lowest BCUT2D eigenvalue weighted by Gasteiger charge is -2.42. The normalized spacial score (nSPS) is 25.0. The highest BCUT2D eigenvalue weighted by atomic mass is 35.5. The quantitative estimate of drug-likeness (QED) is 0.781. The molecular formula is C16H23ClN4O3S. The number of hydrogen-bond acceptors (Lipinski definition) is 5. The van der Waals surface area contributed by atoms with Crippen LogP contribution < -0.4 is 10.5 Å². The average molecular weight is 387 g/mol. The van der Waals surface area contributed by atoms with Crippen LogP contribution in [-0.2, 0) is 14.8 Å². The van der Waals surface area contributed by atoms with Crippen LogP contribution in [0.5, 0.6) is 0 Å². The Morgan fingerprint density at radius 3 is 2.76 bits per heavy atom. The third-order valence-electron chi connectivity index (χ3n) is 4.70. The van der Waals surface area contributed by atoms with Gasteiger partial charge in [0.2, 0.25) is 5.91 Å². The van der Waals surface area contributed by atoms with Crippen LogP contribution in [0.1, 0.15) is 25.8 Å². The summed E-state index contributed by atoms with van der Waals surface area (Å²) in [4.78, 5) is 18.6. The molecule has 0 saturated carbocycles. The molecule has 1 atom stereocenters. The molecule has 2 heterocycles. The number of nitrogens with one attached hydrogen (secondary N) is 1. The van der Waals surface area contributed by atoms with E-state index in [2.05, 4.69) is 9.71 Å². The zero-order chi connectivity index (χ0) is 17.5. The summed E-state index contributed by atoms with van der Waals surface area (Å²) in [5.74, 6) is 0.109. The van der Waals surface area contributed by atoms with E-state index in [0.29, 0.717) is 18.7 Å². The number of sulfonamides is 1. The molecule has 2 aliphatic heterocycles. The predicted molar refractivity (Wildman–Crippen MR) is 98.4 cm³/mol. The average Bonchev–Trinajstić information content (AvgIpc) is 2.79. The summed E-state index contributed by atoms with van der Waals surface area (Å²) in [5.41, 5.74) is 6.46. The van der Waals surface area contributed by atoms with Crippen molar-refractivity contribution in [2.75, 3.05) is 19.6 Å². The fraction of sp³-hybridized carbons (Fsp3) is 0.500. The Kier molecular flexibility index (Phi) is 5.46. The van der Waals surface area contributed by atoms with Crippen LogP contribution >= 0.6 is 12.4 Å². The summed E-state index contributed by atoms with van der Waals surface area (Å²) in [6.45, 7) is 5.20. The second-order valence-corrected chi connectivity index (χ2v) is 8.62. The monoisotopic (exact) mass is 386 g/mol. The number of nitrogens with two attached hydrogens (primary N) is 1. The number of carbonyl (C=O) groups excluding carboxylic acids is 1. The van der Waals surface area contributed by atoms with E-state index in [0.717, 1.165) is 6.42 Å². The first kappa shape index (κ1) is 19.7. The van der Waals surface area contributed by atoms with Crippen molar-refractivity contribution >= 4 is 34.2 Å². The highest BCUT2D eigenvalue weighted by Crippen LogP contribution is 2.28. The van der Waals surface area contributed by atoms with Crippen LogP contribution in [0, 0.1) is 5.41 Å². The van der Waals surface area contributed by atoms with Crippen molar-refractivity contribution in [2.24, 2.45) is 16.1 Å². The molecule has 138 valence electrons. The topological polar surface area (TPSA) is 105 Å². The van der Waals surface area contributed by atoms with Gasteiger partial charge in [0.25, 0.3) is 10.0 Å². The fourth-order valence-corrected chi connectivity index (χ4v) is 4.34. The maximum Gasteiger partial charge on any atom is 0.263 e. The number of amidine groups is 1. The lowest BCUT2D eigenvalue weighted by atomic mass is 9.80. The molecule has 2 aliphatic rings. The largest absolute Gasteiger partial charge is 0.340 e. The van der Waals surface area contributed by atoms with Crippen LogP contribution in [0.15, 0.2) is 34.2 Å². The molecule has 9 heteroatoms. The third-order valence-corrected chi connectivity index (χ3v) is 6.10. The first-order valence-electron chi connectivity index (χ1n) is 7.91. The molecular weight excluding hydrogens is 364 g/mol. The molecule has 25 heavy (non-hydrogen) atoms. The van der Waals surface area contributed by atoms with Gasteiger partial charge in [0.15, 0.2) is 0 Å². The molecule has 1 fully saturated rings. The van der Waals surface area contributed by atoms with Crippen LogP contribution in [0.3, 0.4) is 0 Å². The van der Waals surface area contributed by atoms with Crippen LogP contribution in [-0.4, -0.2) is 50.7 Å². The Morgan fingerprint density at radius 1 is 1.40 bits per heavy atom. The van der Waals surface area contributed by atoms with Gasteiger partial charge in [-0.15, -0.1) is 12.4 Å². The second kappa shape index (κ2) is 6.93. The molecule has 1 aromatic rings. The van der Waals surface area contributed by atoms with Crippen molar-refractivity contribution in [2.45, 2.75) is 31.2 Å². The van der Waals surface area contributed by atoms with Gasteiger partial charge in [-0.25, -0.2) is 8.42 Å². The number of halogens is 1. The number of nitrogens with zero attached hydrogens (tertiary/aromatic N) is 2. The maximum absolute atomic E-state index is 12.4. The third kappa shape index (κ3) is 3.80. The molecule has 1 aromatic carbocycles. The van der Waals surface area contributed by atoms with E-state index in [4.69, 9.17) is 5.73 Å². The van der Waals surface area contributed by atoms with Gasteiger partial charge in [0.05, 0.1) is 4.90 Å². The van der Waals surface area contributed by atoms with E-state index >= 15 is 0 Å². The number of likely N-dealkylation sites (tertiary alicyclic amines) is 1. The molecule has 7 nitrogen and oxygen atoms in total. The van der Waals surface area contributed by atoms with Gasteiger partial charge in [-0.3, -0.25) is 14.5 Å². The number of piperidine rings is 1. The Bertz CT molecular complexity index is 807. The molecule has 0 spiro atoms. The van der Waals surface area contributed by atoms with Gasteiger partial charge in [-0.05, 0) is 24.0 Å². The number of carbonyl (C=O) groups is 1. The van der Waals surface area contributed by atoms with E-state index in [1.807, 2.05) is 13.8 Å². The lowest BCUT2D eigenvalue weighted by molar-refractivity contribution is -0.133. The van der Waals surface area contributed by atoms with E-state index < -0.39 is 10.0 Å². The van der Waals surface area contributed by atoms with Crippen molar-refractivity contribution in [3.05, 3.63) is 29.8 Å². The van der Waals surface area contributed by atoms with Gasteiger partial charge >= 0.3 is 0 Å². The molecule has 1 saturated heterocycles. The van der Waals surface area contributed by atoms with Gasteiger partial charge in [0.1, 0.15) is 12.4 Å². The summed E-state index contributed by atoms with van der Waals surface area (Å²) in [6, 6.07) is 6.68. The Labute approximate surface area is 154 Å². The summed E-state index contributed by atoms with van der Waals surface area (Å²) in [5, 5.41) is 0. The first-order valence-corrected chi connectivity index (χ1v) is 9.39. The summed E-state index contributed by atoms with van der Waals surface area (Å²) < 4.78 is 26.5. The number of fused-ring (bicyclic) bond motifs is 1. The van der Waals surface area contributed by atoms with Gasteiger partial charge in [-0.1, -0.05) is 26.0 Å². The minimum Gasteiger partial charge on any atom is -0.340 e. The van der Waals surface area contributed by atoms with Crippen LogP contribution in [0.2, 0.25) is 0 Å². The zero-order valence-electron chi connectivity index (χ0n) is 14.2. The van der Waals surface area contributed by atoms with E-state index in [-0.39, 0.29) is 47.0 Å². The molecule has 3 N–H and O–H groups in total. The predicted octanol–water partition coefficient (Wildman–Crippen LogP) is 0.733. The molecule has 0 radical (unpaired) electrons. The van der Waals surface area contributed by atoms with E-state index in [9.17, 15) is 13.2 Å². The smallest absolute Gasteiger partial charge is 0.263 e. The van der Waals surface area contributed by atoms with Crippen molar-refractivity contribution in [1.82, 2.24) is 9.62 Å². The molecule has 3 rings (SSSR count). The number of amides is 1. The standard InChI is InChI=1S/C16H22N4O3S.ClH/c1-16(2)10-20(8-7-13(16)17)14(21)9-18-15-11-5-3-4-6-12(11)24(22,23)19-15;/h3-6,13H,7-10,17H2,1-2H3,(H,18,19);1H. The Hall–Kier alpha value is -1.64. The van der Waals surface area contributed by atoms with Gasteiger partial charge in [0, 0.05) is 24.7 Å². The van der Waals surface area contributed by atoms with Crippen LogP contribution in [0.4, 0.5) is 0 Å². The lowest BCUT2D eigenvalue weighted by Crippen LogP contribution is -2.54. The molecule has 0 bridgehead atoms. The Morgan fingerprint density at radius 2 is 2.08 bits per heavy atom. The number of benzene rings is 1. The fourth-order valence-electron chi connectivity index (χ4n) is 3.08. The zero-order valence-corrected chi connectivity index (χ0v) is 15.9. The number of rotatable bonds is 2. The second-order valence-electron chi connectivity index (χ2n) is 6.97. The SMILES string of the molecule is CC1(C)CN(C(=O)CN=C2NS(=O)(=O)c3ccccc32)CCC1N.Cl. The minimum absolute atomic E-state index is 0. The van der Waals surface area contributed by atoms with E-state index in [1.165, 1.54) is 6.07 Å². The first-order chi connectivity index (χ1) is 11.2. The van der Waals surface area contributed by atoms with Crippen molar-refractivity contribution in [3.63, 3.8) is 0 Å². The highest BCUT2D eigenvalue weighted by molar-refractivity contribution is 7.90. The number of aliphatic imine (C=N–C) groups is 1. The molecule has 0 aromatic heterocycles. The molecule has 0 aliphatic carbocycles.